The Bertz CT molecular complexity index is 1030. The minimum absolute atomic E-state index is 0.104. The van der Waals surface area contributed by atoms with E-state index in [1.165, 1.54) is 0 Å². The lowest BCUT2D eigenvalue weighted by Crippen LogP contribution is -2.51. The second-order valence-corrected chi connectivity index (χ2v) is 8.87. The molecule has 0 radical (unpaired) electrons. The van der Waals surface area contributed by atoms with Crippen LogP contribution in [0.2, 0.25) is 0 Å². The first-order chi connectivity index (χ1) is 15.6. The van der Waals surface area contributed by atoms with Gasteiger partial charge in [0.2, 0.25) is 11.8 Å². The maximum atomic E-state index is 13.5. The molecule has 0 saturated carbocycles. The molecule has 1 saturated heterocycles. The van der Waals surface area contributed by atoms with Gasteiger partial charge in [0, 0.05) is 37.1 Å². The number of aryl methyl sites for hydroxylation is 1. The van der Waals surface area contributed by atoms with Crippen molar-refractivity contribution in [3.8, 4) is 0 Å². The van der Waals surface area contributed by atoms with Gasteiger partial charge in [-0.3, -0.25) is 14.5 Å². The summed E-state index contributed by atoms with van der Waals surface area (Å²) in [5, 5.41) is 6.23. The Hall–Kier alpha value is -3.10. The fraction of sp³-hybridized carbons (Fsp3) is 0.292. The average molecular weight is 451 g/mol. The molecule has 2 amide bonds. The molecule has 8 heteroatoms. The summed E-state index contributed by atoms with van der Waals surface area (Å²) in [5.74, 6) is 1.03. The molecule has 1 N–H and O–H groups in total. The fourth-order valence-corrected chi connectivity index (χ4v) is 4.76. The number of thioether (sulfide) groups is 1. The molecule has 0 bridgehead atoms. The molecule has 2 aromatic carbocycles. The molecular weight excluding hydrogens is 424 g/mol. The highest BCUT2D eigenvalue weighted by atomic mass is 32.2. The molecule has 32 heavy (non-hydrogen) atoms. The Morgan fingerprint density at radius 2 is 1.69 bits per heavy atom. The molecular formula is C24H26N4O3S. The molecule has 1 aliphatic rings. The van der Waals surface area contributed by atoms with Crippen LogP contribution in [0, 0.1) is 6.92 Å². The molecule has 1 aliphatic heterocycles. The van der Waals surface area contributed by atoms with E-state index in [1.807, 2.05) is 70.5 Å². The highest BCUT2D eigenvalue weighted by Crippen LogP contribution is 2.36. The van der Waals surface area contributed by atoms with Crippen LogP contribution in [-0.4, -0.2) is 59.5 Å². The zero-order chi connectivity index (χ0) is 22.3. The smallest absolute Gasteiger partial charge is 0.240 e. The van der Waals surface area contributed by atoms with Crippen LogP contribution in [0.25, 0.3) is 0 Å². The van der Waals surface area contributed by atoms with Crippen LogP contribution in [0.1, 0.15) is 16.6 Å². The molecule has 1 atom stereocenters. The van der Waals surface area contributed by atoms with E-state index in [1.54, 1.807) is 24.8 Å². The summed E-state index contributed by atoms with van der Waals surface area (Å²) >= 11 is 1.57. The summed E-state index contributed by atoms with van der Waals surface area (Å²) in [7, 11) is 0. The topological polar surface area (TPSA) is 78.7 Å². The predicted octanol–water partition coefficient (Wildman–Crippen LogP) is 3.60. The number of rotatable bonds is 7. The van der Waals surface area contributed by atoms with Crippen molar-refractivity contribution in [3.63, 3.8) is 0 Å². The summed E-state index contributed by atoms with van der Waals surface area (Å²) < 4.78 is 4.97. The molecule has 3 aromatic rings. The van der Waals surface area contributed by atoms with Crippen molar-refractivity contribution in [2.75, 3.05) is 38.0 Å². The minimum Gasteiger partial charge on any atom is -0.360 e. The lowest BCUT2D eigenvalue weighted by Gasteiger charge is -2.36. The number of nitrogens with one attached hydrogen (secondary N) is 1. The number of aromatic nitrogens is 1. The highest BCUT2D eigenvalue weighted by Gasteiger charge is 2.30. The Morgan fingerprint density at radius 1 is 1.03 bits per heavy atom. The van der Waals surface area contributed by atoms with Crippen LogP contribution in [0.5, 0.6) is 0 Å². The van der Waals surface area contributed by atoms with Gasteiger partial charge in [-0.25, -0.2) is 0 Å². The van der Waals surface area contributed by atoms with Crippen molar-refractivity contribution < 1.29 is 14.1 Å². The summed E-state index contributed by atoms with van der Waals surface area (Å²) in [6, 6.07) is 21.6. The van der Waals surface area contributed by atoms with Gasteiger partial charge in [-0.1, -0.05) is 53.7 Å². The van der Waals surface area contributed by atoms with Gasteiger partial charge in [0.15, 0.2) is 5.82 Å². The molecule has 1 aromatic heterocycles. The van der Waals surface area contributed by atoms with Crippen LogP contribution < -0.4 is 5.32 Å². The van der Waals surface area contributed by atoms with E-state index < -0.39 is 0 Å². The monoisotopic (exact) mass is 450 g/mol. The Kier molecular flexibility index (Phi) is 7.24. The molecule has 0 aliphatic carbocycles. The first kappa shape index (κ1) is 22.1. The van der Waals surface area contributed by atoms with Crippen LogP contribution in [0.4, 0.5) is 5.82 Å². The maximum Gasteiger partial charge on any atom is 0.240 e. The largest absolute Gasteiger partial charge is 0.360 e. The van der Waals surface area contributed by atoms with Gasteiger partial charge >= 0.3 is 0 Å². The maximum absolute atomic E-state index is 13.5. The molecule has 1 fully saturated rings. The van der Waals surface area contributed by atoms with E-state index in [0.717, 1.165) is 10.5 Å². The van der Waals surface area contributed by atoms with Gasteiger partial charge in [0.25, 0.3) is 0 Å². The highest BCUT2D eigenvalue weighted by molar-refractivity contribution is 8.00. The summed E-state index contributed by atoms with van der Waals surface area (Å²) in [6.07, 6.45) is 0. The Morgan fingerprint density at radius 3 is 2.31 bits per heavy atom. The quantitative estimate of drug-likeness (QED) is 0.554. The van der Waals surface area contributed by atoms with E-state index >= 15 is 0 Å². The number of carbonyl (C=O) groups excluding carboxylic acids is 2. The van der Waals surface area contributed by atoms with Crippen LogP contribution in [-0.2, 0) is 9.59 Å². The zero-order valence-corrected chi connectivity index (χ0v) is 18.8. The van der Waals surface area contributed by atoms with Gasteiger partial charge in [0.05, 0.1) is 6.54 Å². The van der Waals surface area contributed by atoms with Crippen molar-refractivity contribution >= 4 is 29.4 Å². The molecule has 7 nitrogen and oxygen atoms in total. The normalized spacial score (nSPS) is 15.3. The lowest BCUT2D eigenvalue weighted by molar-refractivity contribution is -0.132. The third-order valence-corrected chi connectivity index (χ3v) is 6.52. The summed E-state index contributed by atoms with van der Waals surface area (Å²) in [6.45, 7) is 4.51. The average Bonchev–Trinajstić information content (AvgIpc) is 3.23. The van der Waals surface area contributed by atoms with E-state index in [-0.39, 0.29) is 23.6 Å². The van der Waals surface area contributed by atoms with Crippen molar-refractivity contribution in [3.05, 3.63) is 78.1 Å². The van der Waals surface area contributed by atoms with E-state index in [4.69, 9.17) is 4.52 Å². The SMILES string of the molecule is Cc1cc(NC(=O)CN2CCN(C(=O)C(Sc3ccccc3)c3ccccc3)CC2)no1. The fourth-order valence-electron chi connectivity index (χ4n) is 3.63. The first-order valence-electron chi connectivity index (χ1n) is 10.6. The molecule has 166 valence electrons. The number of piperazine rings is 1. The summed E-state index contributed by atoms with van der Waals surface area (Å²) in [5.41, 5.74) is 0.996. The summed E-state index contributed by atoms with van der Waals surface area (Å²) in [4.78, 5) is 30.8. The number of anilines is 1. The number of carbonyl (C=O) groups is 2. The third kappa shape index (κ3) is 5.77. The zero-order valence-electron chi connectivity index (χ0n) is 17.9. The van der Waals surface area contributed by atoms with Crippen molar-refractivity contribution in [2.45, 2.75) is 17.1 Å². The van der Waals surface area contributed by atoms with Gasteiger partial charge in [-0.2, -0.15) is 0 Å². The number of hydrogen-bond acceptors (Lipinski definition) is 6. The second-order valence-electron chi connectivity index (χ2n) is 7.69. The van der Waals surface area contributed by atoms with Crippen molar-refractivity contribution in [1.29, 1.82) is 0 Å². The minimum atomic E-state index is -0.302. The standard InChI is InChI=1S/C24H26N4O3S/c1-18-16-21(26-31-18)25-22(29)17-27-12-14-28(15-13-27)24(30)23(19-8-4-2-5-9-19)32-20-10-6-3-7-11-20/h2-11,16,23H,12-15,17H2,1H3,(H,25,26,29). The number of benzene rings is 2. The number of amides is 2. The third-order valence-electron chi connectivity index (χ3n) is 5.27. The van der Waals surface area contributed by atoms with Gasteiger partial charge in [0.1, 0.15) is 11.0 Å². The Balaban J connectivity index is 1.35. The van der Waals surface area contributed by atoms with E-state index in [2.05, 4.69) is 10.5 Å². The molecule has 2 heterocycles. The number of nitrogens with zero attached hydrogens (tertiary/aromatic N) is 3. The second kappa shape index (κ2) is 10.5. The predicted molar refractivity (Wildman–Crippen MR) is 124 cm³/mol. The van der Waals surface area contributed by atoms with E-state index in [0.29, 0.717) is 37.8 Å². The molecule has 0 spiro atoms. The molecule has 1 unspecified atom stereocenters. The van der Waals surface area contributed by atoms with Gasteiger partial charge in [-0.15, -0.1) is 11.8 Å². The Labute approximate surface area is 191 Å². The van der Waals surface area contributed by atoms with Crippen LogP contribution >= 0.6 is 11.8 Å². The van der Waals surface area contributed by atoms with Crippen molar-refractivity contribution in [2.24, 2.45) is 0 Å². The van der Waals surface area contributed by atoms with Crippen molar-refractivity contribution in [1.82, 2.24) is 15.0 Å². The van der Waals surface area contributed by atoms with Crippen LogP contribution in [0.3, 0.4) is 0 Å². The number of hydrogen-bond donors (Lipinski definition) is 1. The first-order valence-corrected chi connectivity index (χ1v) is 11.5. The van der Waals surface area contributed by atoms with Gasteiger partial charge in [-0.05, 0) is 24.6 Å². The lowest BCUT2D eigenvalue weighted by atomic mass is 10.1. The van der Waals surface area contributed by atoms with Crippen LogP contribution in [0.15, 0.2) is 76.1 Å². The van der Waals surface area contributed by atoms with Gasteiger partial charge < -0.3 is 14.7 Å². The van der Waals surface area contributed by atoms with E-state index in [9.17, 15) is 9.59 Å². The molecule has 4 rings (SSSR count).